The summed E-state index contributed by atoms with van der Waals surface area (Å²) in [6.07, 6.45) is 0. The summed E-state index contributed by atoms with van der Waals surface area (Å²) in [6, 6.07) is 14.2. The quantitative estimate of drug-likeness (QED) is 0.406. The Morgan fingerprint density at radius 2 is 1.42 bits per heavy atom. The lowest BCUT2D eigenvalue weighted by Crippen LogP contribution is -2.17. The fraction of sp³-hybridized carbons (Fsp3) is 0.238. The van der Waals surface area contributed by atoms with Gasteiger partial charge in [-0.1, -0.05) is 24.3 Å². The first-order valence-corrected chi connectivity index (χ1v) is 8.18. The second kappa shape index (κ2) is 4.99. The van der Waals surface area contributed by atoms with Crippen LogP contribution in [0.5, 0.6) is 0 Å². The molecule has 3 aromatic carbocycles. The molecular formula is C21H20N2O. The van der Waals surface area contributed by atoms with Gasteiger partial charge in [0.15, 0.2) is 0 Å². The van der Waals surface area contributed by atoms with E-state index in [9.17, 15) is 5.11 Å². The van der Waals surface area contributed by atoms with Crippen molar-refractivity contribution in [2.24, 2.45) is 0 Å². The van der Waals surface area contributed by atoms with Gasteiger partial charge in [-0.15, -0.1) is 0 Å². The van der Waals surface area contributed by atoms with E-state index in [4.69, 9.17) is 9.97 Å². The van der Waals surface area contributed by atoms with Crippen molar-refractivity contribution in [1.82, 2.24) is 9.97 Å². The zero-order chi connectivity index (χ0) is 17.1. The van der Waals surface area contributed by atoms with E-state index in [1.54, 1.807) is 13.8 Å². The van der Waals surface area contributed by atoms with E-state index in [2.05, 4.69) is 32.0 Å². The summed E-state index contributed by atoms with van der Waals surface area (Å²) in [6.45, 7) is 7.79. The van der Waals surface area contributed by atoms with Gasteiger partial charge in [-0.3, -0.25) is 0 Å². The predicted octanol–water partition coefficient (Wildman–Crippen LogP) is 4.78. The molecular weight excluding hydrogens is 296 g/mol. The molecule has 4 aromatic rings. The molecule has 0 aliphatic carbocycles. The number of aryl methyl sites for hydroxylation is 2. The number of benzene rings is 3. The Hall–Kier alpha value is -2.52. The average Bonchev–Trinajstić information content (AvgIpc) is 2.54. The second-order valence-corrected chi connectivity index (χ2v) is 7.01. The highest BCUT2D eigenvalue weighted by Gasteiger charge is 2.23. The minimum atomic E-state index is -0.986. The van der Waals surface area contributed by atoms with Crippen molar-refractivity contribution in [3.63, 3.8) is 0 Å². The fourth-order valence-electron chi connectivity index (χ4n) is 3.37. The summed E-state index contributed by atoms with van der Waals surface area (Å²) in [7, 11) is 0. The zero-order valence-electron chi connectivity index (χ0n) is 14.4. The Bertz CT molecular complexity index is 1110. The molecule has 0 bridgehead atoms. The number of aromatic nitrogens is 2. The van der Waals surface area contributed by atoms with Crippen molar-refractivity contribution >= 4 is 32.8 Å². The molecule has 1 N–H and O–H groups in total. The molecule has 0 saturated heterocycles. The summed E-state index contributed by atoms with van der Waals surface area (Å²) in [4.78, 5) is 9.75. The molecule has 0 radical (unpaired) electrons. The molecule has 3 nitrogen and oxygen atoms in total. The molecule has 0 aliphatic heterocycles. The van der Waals surface area contributed by atoms with Crippen LogP contribution in [0.3, 0.4) is 0 Å². The molecule has 4 rings (SSSR count). The molecule has 120 valence electrons. The van der Waals surface area contributed by atoms with Crippen LogP contribution < -0.4 is 0 Å². The molecule has 0 spiro atoms. The maximum Gasteiger partial charge on any atom is 0.0979 e. The van der Waals surface area contributed by atoms with E-state index < -0.39 is 5.60 Å². The molecule has 0 amide bonds. The first-order chi connectivity index (χ1) is 11.4. The van der Waals surface area contributed by atoms with Gasteiger partial charge in [0.05, 0.1) is 27.7 Å². The third-order valence-corrected chi connectivity index (χ3v) is 4.68. The Kier molecular flexibility index (Phi) is 3.12. The summed E-state index contributed by atoms with van der Waals surface area (Å²) < 4.78 is 0. The number of para-hydroxylation sites is 2. The second-order valence-electron chi connectivity index (χ2n) is 7.01. The lowest BCUT2D eigenvalue weighted by atomic mass is 9.90. The Morgan fingerprint density at radius 3 is 2.04 bits per heavy atom. The maximum atomic E-state index is 10.7. The molecule has 0 fully saturated rings. The van der Waals surface area contributed by atoms with Crippen molar-refractivity contribution in [2.45, 2.75) is 33.3 Å². The fourth-order valence-corrected chi connectivity index (χ4v) is 3.37. The van der Waals surface area contributed by atoms with Crippen LogP contribution in [0.1, 0.15) is 30.5 Å². The van der Waals surface area contributed by atoms with E-state index >= 15 is 0 Å². The number of hydrogen-bond acceptors (Lipinski definition) is 3. The van der Waals surface area contributed by atoms with E-state index in [-0.39, 0.29) is 0 Å². The number of nitrogens with zero attached hydrogens (tertiary/aromatic N) is 2. The van der Waals surface area contributed by atoms with Gasteiger partial charge in [0.25, 0.3) is 0 Å². The lowest BCUT2D eigenvalue weighted by Gasteiger charge is -2.22. The number of rotatable bonds is 1. The minimum absolute atomic E-state index is 0.780. The van der Waals surface area contributed by atoms with Crippen molar-refractivity contribution in [2.75, 3.05) is 0 Å². The Balaban J connectivity index is 2.33. The molecule has 0 aliphatic rings. The summed E-state index contributed by atoms with van der Waals surface area (Å²) in [5.74, 6) is 0. The Labute approximate surface area is 141 Å². The largest absolute Gasteiger partial charge is 0.386 e. The highest BCUT2D eigenvalue weighted by molar-refractivity contribution is 6.10. The van der Waals surface area contributed by atoms with Crippen molar-refractivity contribution < 1.29 is 5.11 Å². The number of aliphatic hydroxyl groups is 1. The molecule has 24 heavy (non-hydrogen) atoms. The molecule has 0 unspecified atom stereocenters. The van der Waals surface area contributed by atoms with Crippen molar-refractivity contribution in [3.8, 4) is 0 Å². The molecule has 0 saturated carbocycles. The van der Waals surface area contributed by atoms with Crippen LogP contribution in [0.15, 0.2) is 42.5 Å². The van der Waals surface area contributed by atoms with E-state index in [1.165, 1.54) is 11.1 Å². The first-order valence-electron chi connectivity index (χ1n) is 8.18. The summed E-state index contributed by atoms with van der Waals surface area (Å²) >= 11 is 0. The lowest BCUT2D eigenvalue weighted by molar-refractivity contribution is 0.0801. The Morgan fingerprint density at radius 1 is 0.833 bits per heavy atom. The summed E-state index contributed by atoms with van der Waals surface area (Å²) in [5.41, 5.74) is 5.55. The third kappa shape index (κ3) is 2.16. The molecule has 0 atom stereocenters. The van der Waals surface area contributed by atoms with Gasteiger partial charge in [0.1, 0.15) is 0 Å². The highest BCUT2D eigenvalue weighted by Crippen LogP contribution is 2.36. The standard InChI is InChI=1S/C21H20N2O/c1-12-9-10-13(2)18-14(12)11-15(21(3,4)24)19-20(18)23-17-8-6-5-7-16(17)22-19/h5-11,24H,1-4H3. The van der Waals surface area contributed by atoms with Crippen LogP contribution >= 0.6 is 0 Å². The van der Waals surface area contributed by atoms with Crippen LogP contribution in [0.25, 0.3) is 32.8 Å². The van der Waals surface area contributed by atoms with Crippen LogP contribution in [0.2, 0.25) is 0 Å². The zero-order valence-corrected chi connectivity index (χ0v) is 14.4. The van der Waals surface area contributed by atoms with E-state index in [0.29, 0.717) is 0 Å². The van der Waals surface area contributed by atoms with Gasteiger partial charge in [0, 0.05) is 10.9 Å². The van der Waals surface area contributed by atoms with Crippen LogP contribution in [0, 0.1) is 13.8 Å². The van der Waals surface area contributed by atoms with Crippen molar-refractivity contribution in [3.05, 3.63) is 59.2 Å². The SMILES string of the molecule is Cc1ccc(C)c2c1cc(C(C)(C)O)c1nc3ccccc3nc12. The average molecular weight is 316 g/mol. The third-order valence-electron chi connectivity index (χ3n) is 4.68. The van der Waals surface area contributed by atoms with Crippen molar-refractivity contribution in [1.29, 1.82) is 0 Å². The van der Waals surface area contributed by atoms with Gasteiger partial charge in [-0.2, -0.15) is 0 Å². The summed E-state index contributed by atoms with van der Waals surface area (Å²) in [5, 5.41) is 13.0. The predicted molar refractivity (Wildman–Crippen MR) is 99.3 cm³/mol. The normalized spacial score (nSPS) is 12.4. The smallest absolute Gasteiger partial charge is 0.0979 e. The first kappa shape index (κ1) is 15.0. The number of hydrogen-bond donors (Lipinski definition) is 1. The highest BCUT2D eigenvalue weighted by atomic mass is 16.3. The van der Waals surface area contributed by atoms with Gasteiger partial charge >= 0.3 is 0 Å². The van der Waals surface area contributed by atoms with Gasteiger partial charge < -0.3 is 5.11 Å². The van der Waals surface area contributed by atoms with Gasteiger partial charge in [-0.05, 0) is 62.4 Å². The van der Waals surface area contributed by atoms with Crippen LogP contribution in [-0.2, 0) is 5.60 Å². The van der Waals surface area contributed by atoms with Gasteiger partial charge in [0.2, 0.25) is 0 Å². The van der Waals surface area contributed by atoms with Crippen LogP contribution in [0.4, 0.5) is 0 Å². The monoisotopic (exact) mass is 316 g/mol. The van der Waals surface area contributed by atoms with Crippen LogP contribution in [-0.4, -0.2) is 15.1 Å². The molecule has 1 aromatic heterocycles. The van der Waals surface area contributed by atoms with Gasteiger partial charge in [-0.25, -0.2) is 9.97 Å². The van der Waals surface area contributed by atoms with E-state index in [0.717, 1.165) is 38.4 Å². The maximum absolute atomic E-state index is 10.7. The van der Waals surface area contributed by atoms with E-state index in [1.807, 2.05) is 24.3 Å². The number of fused-ring (bicyclic) bond motifs is 4. The molecule has 3 heteroatoms. The minimum Gasteiger partial charge on any atom is -0.386 e. The molecule has 1 heterocycles. The topological polar surface area (TPSA) is 46.0 Å².